The van der Waals surface area contributed by atoms with Crippen LogP contribution in [0.2, 0.25) is 0 Å². The normalized spacial score (nSPS) is 24.8. The number of amides is 1. The maximum atomic E-state index is 11.5. The number of morpholine rings is 1. The minimum atomic E-state index is -1.08. The summed E-state index contributed by atoms with van der Waals surface area (Å²) in [4.78, 5) is 28.0. The lowest BCUT2D eigenvalue weighted by Gasteiger charge is -2.36. The molecule has 0 saturated carbocycles. The van der Waals surface area contributed by atoms with Gasteiger partial charge in [-0.05, 0) is 11.6 Å². The van der Waals surface area contributed by atoms with E-state index in [1.54, 1.807) is 31.6 Å². The zero-order valence-electron chi connectivity index (χ0n) is 9.24. The van der Waals surface area contributed by atoms with E-state index in [4.69, 9.17) is 9.84 Å². The third kappa shape index (κ3) is 2.12. The minimum Gasteiger partial charge on any atom is -0.479 e. The molecule has 90 valence electrons. The molecule has 6 nitrogen and oxygen atoms in total. The van der Waals surface area contributed by atoms with E-state index in [0.717, 1.165) is 0 Å². The largest absolute Gasteiger partial charge is 0.479 e. The molecule has 0 aliphatic carbocycles. The van der Waals surface area contributed by atoms with E-state index in [1.807, 2.05) is 0 Å². The number of rotatable bonds is 2. The van der Waals surface area contributed by atoms with Crippen molar-refractivity contribution in [3.63, 3.8) is 0 Å². The number of likely N-dealkylation sites (N-methyl/N-ethyl adjacent to an activating group) is 1. The maximum Gasteiger partial charge on any atom is 0.335 e. The van der Waals surface area contributed by atoms with E-state index >= 15 is 0 Å². The third-order valence-corrected chi connectivity index (χ3v) is 2.75. The highest BCUT2D eigenvalue weighted by Gasteiger charge is 2.40. The average molecular weight is 236 g/mol. The lowest BCUT2D eigenvalue weighted by molar-refractivity contribution is -0.171. The van der Waals surface area contributed by atoms with Gasteiger partial charge in [-0.1, -0.05) is 6.07 Å². The van der Waals surface area contributed by atoms with E-state index in [9.17, 15) is 9.59 Å². The van der Waals surface area contributed by atoms with Crippen molar-refractivity contribution in [1.82, 2.24) is 9.88 Å². The molecule has 0 aromatic carbocycles. The first-order valence-electron chi connectivity index (χ1n) is 5.11. The van der Waals surface area contributed by atoms with E-state index < -0.39 is 18.1 Å². The fourth-order valence-corrected chi connectivity index (χ4v) is 1.87. The van der Waals surface area contributed by atoms with Crippen LogP contribution in [0.25, 0.3) is 0 Å². The molecule has 1 aromatic heterocycles. The molecule has 1 aromatic rings. The van der Waals surface area contributed by atoms with Gasteiger partial charge < -0.3 is 14.7 Å². The number of carboxylic acid groups (broad SMARTS) is 1. The van der Waals surface area contributed by atoms with Crippen LogP contribution in [0.5, 0.6) is 0 Å². The first-order valence-corrected chi connectivity index (χ1v) is 5.11. The number of carbonyl (C=O) groups excluding carboxylic acids is 1. The molecule has 1 aliphatic rings. The number of nitrogens with zero attached hydrogens (tertiary/aromatic N) is 2. The number of aliphatic carboxylic acids is 1. The first kappa shape index (κ1) is 11.5. The average Bonchev–Trinajstić information content (AvgIpc) is 2.33. The fourth-order valence-electron chi connectivity index (χ4n) is 1.87. The van der Waals surface area contributed by atoms with E-state index in [0.29, 0.717) is 5.56 Å². The Labute approximate surface area is 97.8 Å². The summed E-state index contributed by atoms with van der Waals surface area (Å²) >= 11 is 0. The van der Waals surface area contributed by atoms with Gasteiger partial charge in [0.05, 0.1) is 6.04 Å². The molecular formula is C11H12N2O4. The van der Waals surface area contributed by atoms with Crippen LogP contribution >= 0.6 is 0 Å². The van der Waals surface area contributed by atoms with Gasteiger partial charge in [-0.2, -0.15) is 0 Å². The molecule has 1 N–H and O–H groups in total. The molecule has 0 bridgehead atoms. The summed E-state index contributed by atoms with van der Waals surface area (Å²) in [5, 5.41) is 9.09. The molecule has 1 amide bonds. The quantitative estimate of drug-likeness (QED) is 0.785. The predicted octanol–water partition coefficient (Wildman–Crippen LogP) is 0.0645. The van der Waals surface area contributed by atoms with Crippen LogP contribution in [0.3, 0.4) is 0 Å². The molecule has 17 heavy (non-hydrogen) atoms. The number of hydrogen-bond acceptors (Lipinski definition) is 4. The second-order valence-corrected chi connectivity index (χ2v) is 3.81. The highest BCUT2D eigenvalue weighted by atomic mass is 16.5. The zero-order valence-corrected chi connectivity index (χ0v) is 9.24. The van der Waals surface area contributed by atoms with Crippen molar-refractivity contribution in [1.29, 1.82) is 0 Å². The summed E-state index contributed by atoms with van der Waals surface area (Å²) in [7, 11) is 1.57. The van der Waals surface area contributed by atoms with Crippen molar-refractivity contribution in [2.45, 2.75) is 12.1 Å². The van der Waals surface area contributed by atoms with Crippen molar-refractivity contribution in [3.05, 3.63) is 30.1 Å². The van der Waals surface area contributed by atoms with Gasteiger partial charge in [0.15, 0.2) is 6.10 Å². The Hall–Kier alpha value is -1.95. The third-order valence-electron chi connectivity index (χ3n) is 2.75. The predicted molar refractivity (Wildman–Crippen MR) is 57.1 cm³/mol. The highest BCUT2D eigenvalue weighted by molar-refractivity contribution is 5.82. The van der Waals surface area contributed by atoms with Gasteiger partial charge in [0.2, 0.25) is 5.91 Å². The van der Waals surface area contributed by atoms with Crippen molar-refractivity contribution in [3.8, 4) is 0 Å². The Morgan fingerprint density at radius 1 is 1.65 bits per heavy atom. The van der Waals surface area contributed by atoms with Gasteiger partial charge in [-0.25, -0.2) is 4.79 Å². The number of carbonyl (C=O) groups is 2. The van der Waals surface area contributed by atoms with Gasteiger partial charge >= 0.3 is 5.97 Å². The highest BCUT2D eigenvalue weighted by Crippen LogP contribution is 2.28. The number of carboxylic acids is 1. The summed E-state index contributed by atoms with van der Waals surface area (Å²) in [6.07, 6.45) is 2.08. The summed E-state index contributed by atoms with van der Waals surface area (Å²) in [5.41, 5.74) is 0.649. The molecule has 6 heteroatoms. The molecule has 2 unspecified atom stereocenters. The van der Waals surface area contributed by atoms with E-state index in [1.165, 1.54) is 4.90 Å². The molecule has 2 heterocycles. The van der Waals surface area contributed by atoms with Gasteiger partial charge in [0, 0.05) is 19.4 Å². The Morgan fingerprint density at radius 2 is 2.41 bits per heavy atom. The number of aromatic nitrogens is 1. The Kier molecular flexibility index (Phi) is 3.06. The van der Waals surface area contributed by atoms with Crippen LogP contribution < -0.4 is 0 Å². The SMILES string of the molecule is CN1C(=O)COC(C(=O)O)C1c1cccnc1. The molecule has 1 saturated heterocycles. The standard InChI is InChI=1S/C11H12N2O4/c1-13-8(14)6-17-10(11(15)16)9(13)7-3-2-4-12-5-7/h2-5,9-10H,6H2,1H3,(H,15,16). The molecule has 0 radical (unpaired) electrons. The molecule has 1 aliphatic heterocycles. The van der Waals surface area contributed by atoms with Crippen molar-refractivity contribution in [2.24, 2.45) is 0 Å². The Balaban J connectivity index is 2.37. The summed E-state index contributed by atoms with van der Waals surface area (Å²) in [5.74, 6) is -1.32. The monoisotopic (exact) mass is 236 g/mol. The Morgan fingerprint density at radius 3 is 3.00 bits per heavy atom. The number of pyridine rings is 1. The lowest BCUT2D eigenvalue weighted by atomic mass is 10.00. The summed E-state index contributed by atoms with van der Waals surface area (Å²) < 4.78 is 5.07. The van der Waals surface area contributed by atoms with Gasteiger partial charge in [-0.15, -0.1) is 0 Å². The molecule has 1 fully saturated rings. The summed E-state index contributed by atoms with van der Waals surface area (Å²) in [6, 6.07) is 2.79. The van der Waals surface area contributed by atoms with Crippen LogP contribution in [-0.4, -0.2) is 46.6 Å². The second-order valence-electron chi connectivity index (χ2n) is 3.81. The van der Waals surface area contributed by atoms with Crippen LogP contribution in [0.1, 0.15) is 11.6 Å². The molecule has 2 atom stereocenters. The van der Waals surface area contributed by atoms with E-state index in [-0.39, 0.29) is 12.5 Å². The smallest absolute Gasteiger partial charge is 0.335 e. The topological polar surface area (TPSA) is 79.7 Å². The van der Waals surface area contributed by atoms with Crippen LogP contribution in [0.15, 0.2) is 24.5 Å². The van der Waals surface area contributed by atoms with Crippen molar-refractivity contribution < 1.29 is 19.4 Å². The fraction of sp³-hybridized carbons (Fsp3) is 0.364. The zero-order chi connectivity index (χ0) is 12.4. The van der Waals surface area contributed by atoms with Crippen LogP contribution in [0.4, 0.5) is 0 Å². The summed E-state index contributed by atoms with van der Waals surface area (Å²) in [6.45, 7) is -0.204. The second kappa shape index (κ2) is 4.50. The lowest BCUT2D eigenvalue weighted by Crippen LogP contribution is -2.50. The van der Waals surface area contributed by atoms with Crippen LogP contribution in [0, 0.1) is 0 Å². The van der Waals surface area contributed by atoms with Crippen LogP contribution in [-0.2, 0) is 14.3 Å². The van der Waals surface area contributed by atoms with Gasteiger partial charge in [0.25, 0.3) is 0 Å². The first-order chi connectivity index (χ1) is 8.11. The van der Waals surface area contributed by atoms with E-state index in [2.05, 4.69) is 4.98 Å². The minimum absolute atomic E-state index is 0.204. The van der Waals surface area contributed by atoms with Gasteiger partial charge in [0.1, 0.15) is 6.61 Å². The molecule has 2 rings (SSSR count). The Bertz CT molecular complexity index is 434. The van der Waals surface area contributed by atoms with Crippen molar-refractivity contribution in [2.75, 3.05) is 13.7 Å². The molecular weight excluding hydrogens is 224 g/mol. The van der Waals surface area contributed by atoms with Crippen molar-refractivity contribution >= 4 is 11.9 Å². The van der Waals surface area contributed by atoms with Gasteiger partial charge in [-0.3, -0.25) is 9.78 Å². The maximum absolute atomic E-state index is 11.5. The number of hydrogen-bond donors (Lipinski definition) is 1. The molecule has 0 spiro atoms. The number of ether oxygens (including phenoxy) is 1.